The third-order valence-electron chi connectivity index (χ3n) is 3.24. The standard InChI is InChI=1S/C17H17F2NO2/c1-3-14(22-15-10-5-4-7-11(15)2)17(21)20-16-12(18)8-6-9-13(16)19/h4-10,14H,3H2,1-2H3,(H,20,21). The van der Waals surface area contributed by atoms with Crippen LogP contribution in [0.1, 0.15) is 18.9 Å². The van der Waals surface area contributed by atoms with E-state index in [1.165, 1.54) is 6.07 Å². The molecule has 116 valence electrons. The van der Waals surface area contributed by atoms with Crippen molar-refractivity contribution in [3.63, 3.8) is 0 Å². The summed E-state index contributed by atoms with van der Waals surface area (Å²) in [6, 6.07) is 10.7. The zero-order chi connectivity index (χ0) is 16.1. The lowest BCUT2D eigenvalue weighted by Gasteiger charge is -2.19. The summed E-state index contributed by atoms with van der Waals surface area (Å²) < 4.78 is 32.8. The van der Waals surface area contributed by atoms with Crippen molar-refractivity contribution in [2.45, 2.75) is 26.4 Å². The molecule has 1 atom stereocenters. The molecule has 0 bridgehead atoms. The molecule has 0 saturated carbocycles. The second-order valence-corrected chi connectivity index (χ2v) is 4.87. The highest BCUT2D eigenvalue weighted by atomic mass is 19.1. The maximum absolute atomic E-state index is 13.6. The molecule has 2 aromatic rings. The van der Waals surface area contributed by atoms with E-state index >= 15 is 0 Å². The number of halogens is 2. The van der Waals surface area contributed by atoms with Gasteiger partial charge >= 0.3 is 0 Å². The van der Waals surface area contributed by atoms with Crippen molar-refractivity contribution in [1.29, 1.82) is 0 Å². The number of para-hydroxylation sites is 2. The average molecular weight is 305 g/mol. The van der Waals surface area contributed by atoms with Gasteiger partial charge < -0.3 is 10.1 Å². The second-order valence-electron chi connectivity index (χ2n) is 4.87. The molecular formula is C17H17F2NO2. The van der Waals surface area contributed by atoms with Gasteiger partial charge in [0.1, 0.15) is 23.1 Å². The van der Waals surface area contributed by atoms with Crippen molar-refractivity contribution in [1.82, 2.24) is 0 Å². The SMILES string of the molecule is CCC(Oc1ccccc1C)C(=O)Nc1c(F)cccc1F. The Kier molecular flexibility index (Phi) is 5.09. The number of nitrogens with one attached hydrogen (secondary N) is 1. The Bertz CT molecular complexity index is 653. The fraction of sp³-hybridized carbons (Fsp3) is 0.235. The van der Waals surface area contributed by atoms with Crippen LogP contribution in [-0.2, 0) is 4.79 Å². The third-order valence-corrected chi connectivity index (χ3v) is 3.24. The molecule has 0 aliphatic carbocycles. The smallest absolute Gasteiger partial charge is 0.265 e. The van der Waals surface area contributed by atoms with E-state index in [9.17, 15) is 13.6 Å². The van der Waals surface area contributed by atoms with Crippen molar-refractivity contribution in [3.8, 4) is 5.75 Å². The van der Waals surface area contributed by atoms with E-state index in [1.54, 1.807) is 19.1 Å². The lowest BCUT2D eigenvalue weighted by atomic mass is 10.2. The first-order valence-corrected chi connectivity index (χ1v) is 7.00. The number of benzene rings is 2. The Morgan fingerprint density at radius 2 is 1.77 bits per heavy atom. The number of aryl methyl sites for hydroxylation is 1. The van der Waals surface area contributed by atoms with Crippen LogP contribution < -0.4 is 10.1 Å². The Hall–Kier alpha value is -2.43. The zero-order valence-electron chi connectivity index (χ0n) is 12.4. The Morgan fingerprint density at radius 1 is 1.14 bits per heavy atom. The van der Waals surface area contributed by atoms with Crippen LogP contribution in [-0.4, -0.2) is 12.0 Å². The van der Waals surface area contributed by atoms with Gasteiger partial charge in [-0.1, -0.05) is 31.2 Å². The average Bonchev–Trinajstić information content (AvgIpc) is 2.50. The van der Waals surface area contributed by atoms with Gasteiger partial charge in [-0.05, 0) is 37.1 Å². The molecule has 0 aromatic heterocycles. The van der Waals surface area contributed by atoms with Gasteiger partial charge in [0.05, 0.1) is 0 Å². The lowest BCUT2D eigenvalue weighted by molar-refractivity contribution is -0.122. The number of rotatable bonds is 5. The molecule has 0 aliphatic rings. The van der Waals surface area contributed by atoms with Crippen molar-refractivity contribution in [3.05, 3.63) is 59.7 Å². The fourth-order valence-corrected chi connectivity index (χ4v) is 1.99. The molecule has 0 spiro atoms. The Balaban J connectivity index is 2.14. The number of amides is 1. The minimum Gasteiger partial charge on any atom is -0.480 e. The monoisotopic (exact) mass is 305 g/mol. The van der Waals surface area contributed by atoms with Crippen molar-refractivity contribution >= 4 is 11.6 Å². The molecule has 5 heteroatoms. The fourth-order valence-electron chi connectivity index (χ4n) is 1.99. The molecule has 3 nitrogen and oxygen atoms in total. The van der Waals surface area contributed by atoms with Gasteiger partial charge in [0.2, 0.25) is 0 Å². The van der Waals surface area contributed by atoms with Crippen LogP contribution in [0.4, 0.5) is 14.5 Å². The molecule has 0 fully saturated rings. The summed E-state index contributed by atoms with van der Waals surface area (Å²) >= 11 is 0. The maximum Gasteiger partial charge on any atom is 0.265 e. The number of carbonyl (C=O) groups is 1. The van der Waals surface area contributed by atoms with Crippen LogP contribution in [0, 0.1) is 18.6 Å². The van der Waals surface area contributed by atoms with E-state index in [1.807, 2.05) is 19.1 Å². The number of hydrogen-bond acceptors (Lipinski definition) is 2. The largest absolute Gasteiger partial charge is 0.480 e. The summed E-state index contributed by atoms with van der Waals surface area (Å²) in [5, 5.41) is 2.26. The summed E-state index contributed by atoms with van der Waals surface area (Å²) in [5.41, 5.74) is 0.421. The molecule has 2 rings (SSSR count). The van der Waals surface area contributed by atoms with Crippen LogP contribution >= 0.6 is 0 Å². The molecular weight excluding hydrogens is 288 g/mol. The Morgan fingerprint density at radius 3 is 2.36 bits per heavy atom. The maximum atomic E-state index is 13.6. The molecule has 0 saturated heterocycles. The normalized spacial score (nSPS) is 11.8. The van der Waals surface area contributed by atoms with Crippen molar-refractivity contribution in [2.75, 3.05) is 5.32 Å². The first-order chi connectivity index (χ1) is 10.5. The molecule has 0 heterocycles. The van der Waals surface area contributed by atoms with Crippen molar-refractivity contribution in [2.24, 2.45) is 0 Å². The predicted molar refractivity (Wildman–Crippen MR) is 80.9 cm³/mol. The third kappa shape index (κ3) is 3.61. The molecule has 0 aliphatic heterocycles. The van der Waals surface area contributed by atoms with E-state index in [-0.39, 0.29) is 0 Å². The van der Waals surface area contributed by atoms with E-state index in [0.29, 0.717) is 12.2 Å². The molecule has 1 N–H and O–H groups in total. The highest BCUT2D eigenvalue weighted by molar-refractivity contribution is 5.94. The minimum atomic E-state index is -0.833. The molecule has 1 unspecified atom stereocenters. The summed E-state index contributed by atoms with van der Waals surface area (Å²) in [7, 11) is 0. The van der Waals surface area contributed by atoms with E-state index in [2.05, 4.69) is 5.32 Å². The van der Waals surface area contributed by atoms with Crippen LogP contribution in [0.3, 0.4) is 0 Å². The molecule has 1 amide bonds. The van der Waals surface area contributed by atoms with E-state index in [4.69, 9.17) is 4.74 Å². The number of ether oxygens (including phenoxy) is 1. The van der Waals surface area contributed by atoms with Gasteiger partial charge in [-0.2, -0.15) is 0 Å². The van der Waals surface area contributed by atoms with Gasteiger partial charge in [-0.25, -0.2) is 8.78 Å². The van der Waals surface area contributed by atoms with Gasteiger partial charge in [0.25, 0.3) is 5.91 Å². The van der Waals surface area contributed by atoms with Crippen LogP contribution in [0.2, 0.25) is 0 Å². The van der Waals surface area contributed by atoms with Gasteiger partial charge in [0, 0.05) is 0 Å². The summed E-state index contributed by atoms with van der Waals surface area (Å²) in [5.74, 6) is -1.66. The molecule has 2 aromatic carbocycles. The number of hydrogen-bond donors (Lipinski definition) is 1. The molecule has 0 radical (unpaired) electrons. The minimum absolute atomic E-state index is 0.371. The quantitative estimate of drug-likeness (QED) is 0.904. The lowest BCUT2D eigenvalue weighted by Crippen LogP contribution is -2.33. The first kappa shape index (κ1) is 15.9. The van der Waals surface area contributed by atoms with Gasteiger partial charge in [0.15, 0.2) is 6.10 Å². The van der Waals surface area contributed by atoms with Gasteiger partial charge in [-0.15, -0.1) is 0 Å². The highest BCUT2D eigenvalue weighted by Crippen LogP contribution is 2.21. The summed E-state index contributed by atoms with van der Waals surface area (Å²) in [4.78, 5) is 12.2. The first-order valence-electron chi connectivity index (χ1n) is 7.00. The Labute approximate surface area is 127 Å². The second kappa shape index (κ2) is 7.02. The van der Waals surface area contributed by atoms with E-state index in [0.717, 1.165) is 17.7 Å². The van der Waals surface area contributed by atoms with Crippen molar-refractivity contribution < 1.29 is 18.3 Å². The zero-order valence-corrected chi connectivity index (χ0v) is 12.4. The number of carbonyl (C=O) groups excluding carboxylic acids is 1. The number of anilines is 1. The van der Waals surface area contributed by atoms with E-state index < -0.39 is 29.3 Å². The predicted octanol–water partition coefficient (Wildman–Crippen LogP) is 4.07. The topological polar surface area (TPSA) is 38.3 Å². The highest BCUT2D eigenvalue weighted by Gasteiger charge is 2.21. The summed E-state index contributed by atoms with van der Waals surface area (Å²) in [6.07, 6.45) is -0.462. The van der Waals surface area contributed by atoms with Crippen LogP contribution in [0.25, 0.3) is 0 Å². The molecule has 22 heavy (non-hydrogen) atoms. The van der Waals surface area contributed by atoms with Gasteiger partial charge in [-0.3, -0.25) is 4.79 Å². The van der Waals surface area contributed by atoms with Crippen LogP contribution in [0.5, 0.6) is 5.75 Å². The van der Waals surface area contributed by atoms with Crippen LogP contribution in [0.15, 0.2) is 42.5 Å². The summed E-state index contributed by atoms with van der Waals surface area (Å²) in [6.45, 7) is 3.62.